The molecule has 0 atom stereocenters. The molecule has 0 unspecified atom stereocenters. The summed E-state index contributed by atoms with van der Waals surface area (Å²) in [6, 6.07) is 6.10. The molecule has 2 rings (SSSR count). The number of hydrazone groups is 1. The smallest absolute Gasteiger partial charge is 0.184 e. The van der Waals surface area contributed by atoms with E-state index in [0.29, 0.717) is 0 Å². The zero-order valence-electron chi connectivity index (χ0n) is 8.37. The Hall–Kier alpha value is -0.590. The van der Waals surface area contributed by atoms with Crippen molar-refractivity contribution in [3.05, 3.63) is 28.2 Å². The standard InChI is InChI=1S/C10H10BrN3S2/c11-7-3-1-2-6-8(13-14-10(12)15)4-5-16-9(6)7/h1-3H,4-5H2,(H3,12,14,15). The van der Waals surface area contributed by atoms with Gasteiger partial charge in [-0.15, -0.1) is 11.8 Å². The van der Waals surface area contributed by atoms with E-state index in [1.165, 1.54) is 4.90 Å². The lowest BCUT2D eigenvalue weighted by Crippen LogP contribution is -2.26. The fourth-order valence-electron chi connectivity index (χ4n) is 1.51. The number of thiocarbonyl (C=S) groups is 1. The van der Waals surface area contributed by atoms with E-state index in [1.807, 2.05) is 23.9 Å². The molecule has 1 aliphatic heterocycles. The first-order chi connectivity index (χ1) is 7.68. The summed E-state index contributed by atoms with van der Waals surface area (Å²) in [4.78, 5) is 1.23. The van der Waals surface area contributed by atoms with Crippen LogP contribution in [0.3, 0.4) is 0 Å². The van der Waals surface area contributed by atoms with Gasteiger partial charge in [0.15, 0.2) is 5.11 Å². The zero-order chi connectivity index (χ0) is 11.5. The molecule has 0 spiro atoms. The maximum atomic E-state index is 5.36. The van der Waals surface area contributed by atoms with Gasteiger partial charge in [-0.3, -0.25) is 5.43 Å². The van der Waals surface area contributed by atoms with Crippen LogP contribution < -0.4 is 11.2 Å². The maximum Gasteiger partial charge on any atom is 0.184 e. The van der Waals surface area contributed by atoms with Gasteiger partial charge in [0.05, 0.1) is 5.71 Å². The molecule has 3 nitrogen and oxygen atoms in total. The largest absolute Gasteiger partial charge is 0.375 e. The third-order valence-electron chi connectivity index (χ3n) is 2.16. The molecule has 0 aliphatic carbocycles. The van der Waals surface area contributed by atoms with Crippen LogP contribution in [0, 0.1) is 0 Å². The molecule has 84 valence electrons. The first kappa shape index (κ1) is 11.9. The van der Waals surface area contributed by atoms with Crippen LogP contribution in [0.1, 0.15) is 12.0 Å². The molecule has 0 fully saturated rings. The topological polar surface area (TPSA) is 50.4 Å². The molecule has 1 heterocycles. The summed E-state index contributed by atoms with van der Waals surface area (Å²) in [6.07, 6.45) is 0.920. The van der Waals surface area contributed by atoms with Crippen LogP contribution in [-0.4, -0.2) is 16.6 Å². The Kier molecular flexibility index (Phi) is 3.83. The summed E-state index contributed by atoms with van der Waals surface area (Å²) in [6.45, 7) is 0. The summed E-state index contributed by atoms with van der Waals surface area (Å²) >= 11 is 10.1. The van der Waals surface area contributed by atoms with Crippen molar-refractivity contribution < 1.29 is 0 Å². The number of hydrogen-bond donors (Lipinski definition) is 2. The highest BCUT2D eigenvalue weighted by molar-refractivity contribution is 9.10. The van der Waals surface area contributed by atoms with E-state index in [4.69, 9.17) is 18.0 Å². The molecule has 0 aromatic heterocycles. The monoisotopic (exact) mass is 315 g/mol. The fraction of sp³-hybridized carbons (Fsp3) is 0.200. The first-order valence-corrected chi connectivity index (χ1v) is 6.91. The van der Waals surface area contributed by atoms with Crippen LogP contribution in [0.2, 0.25) is 0 Å². The van der Waals surface area contributed by atoms with Gasteiger partial charge >= 0.3 is 0 Å². The molecule has 0 saturated carbocycles. The SMILES string of the molecule is NC(=S)NN=C1CCSc2c(Br)cccc21. The van der Waals surface area contributed by atoms with Crippen molar-refractivity contribution in [1.82, 2.24) is 5.43 Å². The number of nitrogens with zero attached hydrogens (tertiary/aromatic N) is 1. The van der Waals surface area contributed by atoms with Crippen molar-refractivity contribution in [3.8, 4) is 0 Å². The minimum absolute atomic E-state index is 0.197. The number of benzene rings is 1. The normalized spacial score (nSPS) is 16.9. The first-order valence-electron chi connectivity index (χ1n) is 4.72. The Balaban J connectivity index is 2.37. The molecule has 0 bridgehead atoms. The van der Waals surface area contributed by atoms with Crippen molar-refractivity contribution in [1.29, 1.82) is 0 Å². The Morgan fingerprint density at radius 2 is 2.38 bits per heavy atom. The number of nitrogens with one attached hydrogen (secondary N) is 1. The number of fused-ring (bicyclic) bond motifs is 1. The zero-order valence-corrected chi connectivity index (χ0v) is 11.6. The molecule has 0 saturated heterocycles. The highest BCUT2D eigenvalue weighted by Gasteiger charge is 2.17. The second kappa shape index (κ2) is 5.16. The Bertz CT molecular complexity index is 459. The molecule has 3 N–H and O–H groups in total. The van der Waals surface area contributed by atoms with Crippen molar-refractivity contribution >= 4 is 50.7 Å². The summed E-state index contributed by atoms with van der Waals surface area (Å²) in [5, 5.41) is 4.43. The molecule has 1 aromatic carbocycles. The van der Waals surface area contributed by atoms with Gasteiger partial charge in [-0.05, 0) is 34.2 Å². The third-order valence-corrected chi connectivity index (χ3v) is 4.32. The summed E-state index contributed by atoms with van der Waals surface area (Å²) in [5.74, 6) is 1.02. The second-order valence-electron chi connectivity index (χ2n) is 3.25. The van der Waals surface area contributed by atoms with E-state index in [1.54, 1.807) is 0 Å². The van der Waals surface area contributed by atoms with Gasteiger partial charge < -0.3 is 5.73 Å². The van der Waals surface area contributed by atoms with Gasteiger partial charge in [0.25, 0.3) is 0 Å². The van der Waals surface area contributed by atoms with Crippen molar-refractivity contribution in [2.24, 2.45) is 10.8 Å². The van der Waals surface area contributed by atoms with E-state index < -0.39 is 0 Å². The Morgan fingerprint density at radius 1 is 1.56 bits per heavy atom. The lowest BCUT2D eigenvalue weighted by Gasteiger charge is -2.18. The Labute approximate surface area is 112 Å². The number of rotatable bonds is 1. The number of nitrogens with two attached hydrogens (primary N) is 1. The van der Waals surface area contributed by atoms with Crippen LogP contribution in [0.4, 0.5) is 0 Å². The average Bonchev–Trinajstić information content (AvgIpc) is 2.27. The predicted octanol–water partition coefficient (Wildman–Crippen LogP) is 2.48. The highest BCUT2D eigenvalue weighted by Crippen LogP contribution is 2.35. The van der Waals surface area contributed by atoms with E-state index >= 15 is 0 Å². The summed E-state index contributed by atoms with van der Waals surface area (Å²) in [7, 11) is 0. The third kappa shape index (κ3) is 2.56. The van der Waals surface area contributed by atoms with Crippen molar-refractivity contribution in [2.75, 3.05) is 5.75 Å². The minimum Gasteiger partial charge on any atom is -0.375 e. The average molecular weight is 316 g/mol. The van der Waals surface area contributed by atoms with Gasteiger partial charge in [0.1, 0.15) is 0 Å². The lowest BCUT2D eigenvalue weighted by atomic mass is 10.1. The fourth-order valence-corrected chi connectivity index (χ4v) is 3.31. The molecule has 1 aliphatic rings. The Morgan fingerprint density at radius 3 is 3.12 bits per heavy atom. The maximum absolute atomic E-state index is 5.36. The summed E-state index contributed by atoms with van der Waals surface area (Å²) in [5.41, 5.74) is 10.2. The molecular formula is C10H10BrN3S2. The van der Waals surface area contributed by atoms with Gasteiger partial charge in [-0.25, -0.2) is 0 Å². The molecule has 1 aromatic rings. The van der Waals surface area contributed by atoms with E-state index in [0.717, 1.165) is 27.9 Å². The van der Waals surface area contributed by atoms with Crippen molar-refractivity contribution in [3.63, 3.8) is 0 Å². The van der Waals surface area contributed by atoms with Crippen molar-refractivity contribution in [2.45, 2.75) is 11.3 Å². The van der Waals surface area contributed by atoms with Crippen LogP contribution in [0.25, 0.3) is 0 Å². The van der Waals surface area contributed by atoms with E-state index in [-0.39, 0.29) is 5.11 Å². The second-order valence-corrected chi connectivity index (χ2v) is 5.65. The number of hydrogen-bond acceptors (Lipinski definition) is 3. The molecule has 0 amide bonds. The van der Waals surface area contributed by atoms with Crippen LogP contribution in [-0.2, 0) is 0 Å². The molecule has 6 heteroatoms. The van der Waals surface area contributed by atoms with E-state index in [9.17, 15) is 0 Å². The lowest BCUT2D eigenvalue weighted by molar-refractivity contribution is 1.01. The number of thioether (sulfide) groups is 1. The van der Waals surface area contributed by atoms with Gasteiger partial charge in [-0.1, -0.05) is 12.1 Å². The predicted molar refractivity (Wildman–Crippen MR) is 75.9 cm³/mol. The molecule has 16 heavy (non-hydrogen) atoms. The van der Waals surface area contributed by atoms with Gasteiger partial charge in [-0.2, -0.15) is 5.10 Å². The van der Waals surface area contributed by atoms with Gasteiger partial charge in [0, 0.05) is 27.1 Å². The minimum atomic E-state index is 0.197. The quantitative estimate of drug-likeness (QED) is 0.617. The highest BCUT2D eigenvalue weighted by atomic mass is 79.9. The summed E-state index contributed by atoms with van der Waals surface area (Å²) < 4.78 is 1.11. The van der Waals surface area contributed by atoms with Crippen LogP contribution in [0.5, 0.6) is 0 Å². The van der Waals surface area contributed by atoms with Crippen LogP contribution >= 0.6 is 39.9 Å². The van der Waals surface area contributed by atoms with Gasteiger partial charge in [0.2, 0.25) is 0 Å². The molecule has 0 radical (unpaired) electrons. The van der Waals surface area contributed by atoms with Crippen LogP contribution in [0.15, 0.2) is 32.7 Å². The molecular weight excluding hydrogens is 306 g/mol. The van der Waals surface area contributed by atoms with E-state index in [2.05, 4.69) is 32.5 Å². The number of halogens is 1.